The van der Waals surface area contributed by atoms with Crippen molar-refractivity contribution in [3.63, 3.8) is 0 Å². The predicted molar refractivity (Wildman–Crippen MR) is 121 cm³/mol. The van der Waals surface area contributed by atoms with Crippen LogP contribution >= 0.6 is 11.3 Å². The molecule has 2 aromatic rings. The van der Waals surface area contributed by atoms with Crippen LogP contribution in [0.15, 0.2) is 47.9 Å². The Bertz CT molecular complexity index is 941. The highest BCUT2D eigenvalue weighted by Crippen LogP contribution is 2.35. The van der Waals surface area contributed by atoms with Gasteiger partial charge in [0.25, 0.3) is 0 Å². The maximum atomic E-state index is 12.7. The van der Waals surface area contributed by atoms with Crippen molar-refractivity contribution in [3.8, 4) is 5.75 Å². The smallest absolute Gasteiger partial charge is 0.341 e. The van der Waals surface area contributed by atoms with Gasteiger partial charge in [0.2, 0.25) is 5.91 Å². The molecular weight excluding hydrogens is 398 g/mol. The van der Waals surface area contributed by atoms with Crippen molar-refractivity contribution in [3.05, 3.63) is 64.6 Å². The van der Waals surface area contributed by atoms with E-state index in [1.807, 2.05) is 29.6 Å². The Labute approximate surface area is 181 Å². The summed E-state index contributed by atoms with van der Waals surface area (Å²) in [7, 11) is 1.60. The van der Waals surface area contributed by atoms with Crippen LogP contribution < -0.4 is 10.1 Å². The first-order valence-corrected chi connectivity index (χ1v) is 11.1. The molecule has 1 aromatic carbocycles. The van der Waals surface area contributed by atoms with E-state index in [0.29, 0.717) is 10.6 Å². The van der Waals surface area contributed by atoms with Crippen LogP contribution in [0, 0.1) is 0 Å². The molecule has 1 aliphatic rings. The van der Waals surface area contributed by atoms with E-state index in [1.54, 1.807) is 14.0 Å². The van der Waals surface area contributed by atoms with Gasteiger partial charge in [0, 0.05) is 10.9 Å². The molecule has 0 fully saturated rings. The molecular formula is C24H27NO4S. The van der Waals surface area contributed by atoms with Crippen molar-refractivity contribution in [2.24, 2.45) is 0 Å². The standard InChI is InChI=1S/C24H27NO4S/c1-3-29-24(27)22-20(18-9-7-5-4-6-8-10-18)16-30-23(22)25-21(26)15-17-11-13-19(28-2)14-12-17/h7,9-14,16H,3-6,8,15H2,1-2H3,(H,25,26)/b9-7-,18-10+. The number of benzene rings is 1. The molecule has 6 heteroatoms. The van der Waals surface area contributed by atoms with Crippen LogP contribution in [0.4, 0.5) is 5.00 Å². The lowest BCUT2D eigenvalue weighted by molar-refractivity contribution is -0.115. The van der Waals surface area contributed by atoms with Gasteiger partial charge in [-0.2, -0.15) is 0 Å². The third kappa shape index (κ3) is 5.60. The molecule has 1 aromatic heterocycles. The fourth-order valence-electron chi connectivity index (χ4n) is 3.31. The van der Waals surface area contributed by atoms with Crippen LogP contribution in [-0.2, 0) is 16.0 Å². The Morgan fingerprint density at radius 2 is 1.90 bits per heavy atom. The average molecular weight is 426 g/mol. The Hall–Kier alpha value is -2.86. The zero-order valence-corrected chi connectivity index (χ0v) is 18.2. The average Bonchev–Trinajstić information content (AvgIpc) is 3.11. The Balaban J connectivity index is 1.83. The fraction of sp³-hybridized carbons (Fsp3) is 0.333. The lowest BCUT2D eigenvalue weighted by atomic mass is 9.98. The molecule has 0 spiro atoms. The minimum Gasteiger partial charge on any atom is -0.497 e. The number of hydrogen-bond donors (Lipinski definition) is 1. The van der Waals surface area contributed by atoms with Crippen LogP contribution in [-0.4, -0.2) is 25.6 Å². The molecule has 30 heavy (non-hydrogen) atoms. The van der Waals surface area contributed by atoms with Crippen molar-refractivity contribution >= 4 is 33.8 Å². The molecule has 0 radical (unpaired) electrons. The summed E-state index contributed by atoms with van der Waals surface area (Å²) in [6.45, 7) is 2.06. The summed E-state index contributed by atoms with van der Waals surface area (Å²) in [6.07, 6.45) is 10.9. The van der Waals surface area contributed by atoms with Gasteiger partial charge < -0.3 is 14.8 Å². The third-order valence-electron chi connectivity index (χ3n) is 4.84. The van der Waals surface area contributed by atoms with Crippen LogP contribution in [0.25, 0.3) is 5.57 Å². The summed E-state index contributed by atoms with van der Waals surface area (Å²) >= 11 is 1.35. The second kappa shape index (κ2) is 10.8. The molecule has 3 rings (SSSR count). The van der Waals surface area contributed by atoms with Gasteiger partial charge in [-0.15, -0.1) is 11.3 Å². The van der Waals surface area contributed by atoms with E-state index in [4.69, 9.17) is 9.47 Å². The molecule has 158 valence electrons. The highest BCUT2D eigenvalue weighted by atomic mass is 32.1. The summed E-state index contributed by atoms with van der Waals surface area (Å²) < 4.78 is 10.4. The topological polar surface area (TPSA) is 64.6 Å². The first kappa shape index (κ1) is 21.8. The van der Waals surface area contributed by atoms with Crippen LogP contribution in [0.1, 0.15) is 54.1 Å². The van der Waals surface area contributed by atoms with E-state index < -0.39 is 5.97 Å². The summed E-state index contributed by atoms with van der Waals surface area (Å²) in [6, 6.07) is 7.36. The molecule has 1 amide bonds. The lowest BCUT2D eigenvalue weighted by Gasteiger charge is -2.11. The minimum absolute atomic E-state index is 0.179. The van der Waals surface area contributed by atoms with E-state index in [0.717, 1.165) is 41.7 Å². The van der Waals surface area contributed by atoms with E-state index in [1.165, 1.54) is 17.8 Å². The Kier molecular flexibility index (Phi) is 7.85. The third-order valence-corrected chi connectivity index (χ3v) is 5.74. The summed E-state index contributed by atoms with van der Waals surface area (Å²) in [5.74, 6) is 0.151. The number of amides is 1. The number of nitrogens with one attached hydrogen (secondary N) is 1. The molecule has 0 saturated carbocycles. The zero-order chi connectivity index (χ0) is 21.3. The largest absolute Gasteiger partial charge is 0.497 e. The molecule has 0 unspecified atom stereocenters. The normalized spacial score (nSPS) is 16.5. The Morgan fingerprint density at radius 1 is 1.13 bits per heavy atom. The SMILES string of the molecule is CCOC(=O)c1c(C2=C/CCCC/C=C\2)csc1NC(=O)Cc1ccc(OC)cc1. The summed E-state index contributed by atoms with van der Waals surface area (Å²) in [5, 5.41) is 5.36. The van der Waals surface area contributed by atoms with Crippen LogP contribution in [0.5, 0.6) is 5.75 Å². The number of ether oxygens (including phenoxy) is 2. The second-order valence-corrected chi connectivity index (χ2v) is 7.87. The lowest BCUT2D eigenvalue weighted by Crippen LogP contribution is -2.16. The number of thiophene rings is 1. The van der Waals surface area contributed by atoms with E-state index >= 15 is 0 Å². The van der Waals surface area contributed by atoms with Gasteiger partial charge in [-0.25, -0.2) is 4.79 Å². The summed E-state index contributed by atoms with van der Waals surface area (Å²) in [5.41, 5.74) is 3.12. The molecule has 0 bridgehead atoms. The predicted octanol–water partition coefficient (Wildman–Crippen LogP) is 5.63. The van der Waals surface area contributed by atoms with Gasteiger partial charge in [-0.3, -0.25) is 4.79 Å². The van der Waals surface area contributed by atoms with Gasteiger partial charge in [0.15, 0.2) is 0 Å². The molecule has 0 saturated heterocycles. The monoisotopic (exact) mass is 425 g/mol. The van der Waals surface area contributed by atoms with Crippen LogP contribution in [0.2, 0.25) is 0 Å². The molecule has 5 nitrogen and oxygen atoms in total. The van der Waals surface area contributed by atoms with E-state index in [-0.39, 0.29) is 18.9 Å². The summed E-state index contributed by atoms with van der Waals surface area (Å²) in [4.78, 5) is 25.4. The highest BCUT2D eigenvalue weighted by molar-refractivity contribution is 7.15. The van der Waals surface area contributed by atoms with Crippen molar-refractivity contribution in [1.29, 1.82) is 0 Å². The maximum Gasteiger partial charge on any atom is 0.341 e. The van der Waals surface area contributed by atoms with E-state index in [2.05, 4.69) is 23.5 Å². The van der Waals surface area contributed by atoms with E-state index in [9.17, 15) is 9.59 Å². The first-order chi connectivity index (χ1) is 14.6. The molecule has 1 N–H and O–H groups in total. The number of anilines is 1. The van der Waals surface area contributed by atoms with Gasteiger partial charge in [0.05, 0.1) is 20.1 Å². The number of rotatable bonds is 7. The van der Waals surface area contributed by atoms with Gasteiger partial charge >= 0.3 is 5.97 Å². The van der Waals surface area contributed by atoms with Crippen molar-refractivity contribution < 1.29 is 19.1 Å². The second-order valence-electron chi connectivity index (χ2n) is 6.99. The van der Waals surface area contributed by atoms with Gasteiger partial charge in [-0.05, 0) is 55.9 Å². The van der Waals surface area contributed by atoms with Gasteiger partial charge in [-0.1, -0.05) is 30.4 Å². The highest BCUT2D eigenvalue weighted by Gasteiger charge is 2.23. The number of carbonyl (C=O) groups excluding carboxylic acids is 2. The molecule has 0 atom stereocenters. The molecule has 0 aliphatic heterocycles. The first-order valence-electron chi connectivity index (χ1n) is 10.2. The minimum atomic E-state index is -0.412. The fourth-order valence-corrected chi connectivity index (χ4v) is 4.28. The molecule has 1 aliphatic carbocycles. The van der Waals surface area contributed by atoms with Crippen molar-refractivity contribution in [1.82, 2.24) is 0 Å². The quantitative estimate of drug-likeness (QED) is 0.584. The number of esters is 1. The zero-order valence-electron chi connectivity index (χ0n) is 17.4. The Morgan fingerprint density at radius 3 is 2.63 bits per heavy atom. The van der Waals surface area contributed by atoms with Crippen molar-refractivity contribution in [2.75, 3.05) is 19.0 Å². The number of allylic oxidation sites excluding steroid dienone is 4. The number of hydrogen-bond acceptors (Lipinski definition) is 5. The van der Waals surface area contributed by atoms with Crippen molar-refractivity contribution in [2.45, 2.75) is 39.0 Å². The van der Waals surface area contributed by atoms with Gasteiger partial charge in [0.1, 0.15) is 16.3 Å². The molecule has 1 heterocycles. The number of carbonyl (C=O) groups is 2. The maximum absolute atomic E-state index is 12.7. The van der Waals surface area contributed by atoms with Crippen LogP contribution in [0.3, 0.4) is 0 Å². The number of methoxy groups -OCH3 is 1.